The Hall–Kier alpha value is -2.62. The molecule has 1 aliphatic carbocycles. The average molecular weight is 358 g/mol. The molecule has 0 aliphatic heterocycles. The Kier molecular flexibility index (Phi) is 12.3. The molecule has 1 saturated carbocycles. The summed E-state index contributed by atoms with van der Waals surface area (Å²) in [6.07, 6.45) is 7.70. The third-order valence-corrected chi connectivity index (χ3v) is 3.57. The molecule has 0 amide bonds. The summed E-state index contributed by atoms with van der Waals surface area (Å²) in [5.41, 5.74) is 1.85. The van der Waals surface area contributed by atoms with Crippen LogP contribution in [0.5, 0.6) is 0 Å². The lowest BCUT2D eigenvalue weighted by Gasteiger charge is -2.21. The lowest BCUT2D eigenvalue weighted by atomic mass is 9.98. The van der Waals surface area contributed by atoms with E-state index in [1.165, 1.54) is 31.7 Å². The van der Waals surface area contributed by atoms with Crippen LogP contribution in [-0.2, 0) is 14.3 Å². The third kappa shape index (κ3) is 11.8. The first-order valence-electron chi connectivity index (χ1n) is 8.70. The molecule has 0 saturated heterocycles. The first-order valence-corrected chi connectivity index (χ1v) is 8.70. The highest BCUT2D eigenvalue weighted by Gasteiger charge is 2.17. The molecule has 0 aromatic heterocycles. The molecule has 0 bridgehead atoms. The Balaban J connectivity index is 0.000000388. The Morgan fingerprint density at radius 1 is 1.04 bits per heavy atom. The molecule has 4 nitrogen and oxygen atoms in total. The van der Waals surface area contributed by atoms with Crippen molar-refractivity contribution in [2.45, 2.75) is 52.1 Å². The van der Waals surface area contributed by atoms with E-state index in [1.807, 2.05) is 36.4 Å². The van der Waals surface area contributed by atoms with Crippen molar-refractivity contribution >= 4 is 18.0 Å². The van der Waals surface area contributed by atoms with E-state index in [0.29, 0.717) is 5.57 Å². The van der Waals surface area contributed by atoms with Crippen molar-refractivity contribution in [1.82, 2.24) is 0 Å². The first kappa shape index (κ1) is 23.4. The molecule has 1 aromatic carbocycles. The number of hydrogen-bond acceptors (Lipinski definition) is 3. The number of rotatable bonds is 4. The van der Waals surface area contributed by atoms with Gasteiger partial charge in [-0.3, -0.25) is 0 Å². The molecule has 4 heteroatoms. The van der Waals surface area contributed by atoms with E-state index in [-0.39, 0.29) is 17.6 Å². The van der Waals surface area contributed by atoms with Gasteiger partial charge >= 0.3 is 11.9 Å². The lowest BCUT2D eigenvalue weighted by molar-refractivity contribution is -0.145. The van der Waals surface area contributed by atoms with E-state index in [9.17, 15) is 9.59 Å². The SMILES string of the molecule is C=C(C)C(=O)O.C=C(C)C(=O)OC1CCCCC1.C=Cc1ccccc1. The van der Waals surface area contributed by atoms with Crippen molar-refractivity contribution in [1.29, 1.82) is 0 Å². The van der Waals surface area contributed by atoms with Crippen molar-refractivity contribution in [3.8, 4) is 0 Å². The number of carboxylic acids is 1. The van der Waals surface area contributed by atoms with Crippen molar-refractivity contribution in [2.75, 3.05) is 0 Å². The van der Waals surface area contributed by atoms with Crippen LogP contribution in [0.3, 0.4) is 0 Å². The summed E-state index contributed by atoms with van der Waals surface area (Å²) in [4.78, 5) is 20.7. The Morgan fingerprint density at radius 3 is 1.88 bits per heavy atom. The third-order valence-electron chi connectivity index (χ3n) is 3.57. The van der Waals surface area contributed by atoms with Crippen molar-refractivity contribution in [3.05, 3.63) is 66.8 Å². The largest absolute Gasteiger partial charge is 0.478 e. The van der Waals surface area contributed by atoms with Crippen LogP contribution in [0.25, 0.3) is 6.08 Å². The van der Waals surface area contributed by atoms with Gasteiger partial charge in [-0.2, -0.15) is 0 Å². The van der Waals surface area contributed by atoms with Crippen LogP contribution < -0.4 is 0 Å². The van der Waals surface area contributed by atoms with Gasteiger partial charge in [-0.25, -0.2) is 9.59 Å². The van der Waals surface area contributed by atoms with Crippen LogP contribution in [0.4, 0.5) is 0 Å². The number of benzene rings is 1. The molecule has 1 N–H and O–H groups in total. The van der Waals surface area contributed by atoms with Gasteiger partial charge in [0.05, 0.1) is 0 Å². The quantitative estimate of drug-likeness (QED) is 0.577. The fraction of sp³-hybridized carbons (Fsp3) is 0.364. The number of carbonyl (C=O) groups is 2. The number of esters is 1. The number of carboxylic acid groups (broad SMARTS) is 1. The molecular weight excluding hydrogens is 328 g/mol. The molecular formula is C22H30O4. The molecule has 0 atom stereocenters. The minimum atomic E-state index is -0.935. The standard InChI is InChI=1S/C10H16O2.C8H8.C4H6O2/c1-8(2)10(11)12-9-6-4-3-5-7-9;1-2-8-6-4-3-5-7-8;1-3(2)4(5)6/h9H,1,3-7H2,2H3;2-7H,1H2;1H2,2H3,(H,5,6). The monoisotopic (exact) mass is 358 g/mol. The highest BCUT2D eigenvalue weighted by Crippen LogP contribution is 2.20. The second-order valence-corrected chi connectivity index (χ2v) is 6.15. The maximum absolute atomic E-state index is 11.1. The fourth-order valence-electron chi connectivity index (χ4n) is 2.02. The molecule has 0 radical (unpaired) electrons. The van der Waals surface area contributed by atoms with Crippen LogP contribution in [0.1, 0.15) is 51.5 Å². The summed E-state index contributed by atoms with van der Waals surface area (Å²) < 4.78 is 5.21. The van der Waals surface area contributed by atoms with E-state index in [1.54, 1.807) is 6.92 Å². The first-order chi connectivity index (χ1) is 12.3. The maximum atomic E-state index is 11.1. The van der Waals surface area contributed by atoms with Crippen molar-refractivity contribution < 1.29 is 19.4 Å². The molecule has 26 heavy (non-hydrogen) atoms. The summed E-state index contributed by atoms with van der Waals surface area (Å²) >= 11 is 0. The molecule has 142 valence electrons. The van der Waals surface area contributed by atoms with E-state index in [0.717, 1.165) is 12.8 Å². The van der Waals surface area contributed by atoms with Crippen molar-refractivity contribution in [3.63, 3.8) is 0 Å². The summed E-state index contributed by atoms with van der Waals surface area (Å²) in [7, 11) is 0. The summed E-state index contributed by atoms with van der Waals surface area (Å²) in [6, 6.07) is 10.0. The molecule has 1 aliphatic rings. The molecule has 1 aromatic rings. The van der Waals surface area contributed by atoms with Gasteiger partial charge in [0, 0.05) is 11.1 Å². The van der Waals surface area contributed by atoms with E-state index in [4.69, 9.17) is 9.84 Å². The van der Waals surface area contributed by atoms with E-state index < -0.39 is 5.97 Å². The predicted octanol–water partition coefficient (Wildman–Crippen LogP) is 5.42. The number of hydrogen-bond donors (Lipinski definition) is 1. The zero-order chi connectivity index (χ0) is 19.9. The average Bonchev–Trinajstić information content (AvgIpc) is 2.64. The summed E-state index contributed by atoms with van der Waals surface area (Å²) in [5, 5.41) is 7.89. The second kappa shape index (κ2) is 13.6. The summed E-state index contributed by atoms with van der Waals surface area (Å²) in [5.74, 6) is -1.17. The maximum Gasteiger partial charge on any atom is 0.333 e. The number of carbonyl (C=O) groups excluding carboxylic acids is 1. The van der Waals surface area contributed by atoms with E-state index >= 15 is 0 Å². The van der Waals surface area contributed by atoms with Gasteiger partial charge in [0.15, 0.2) is 0 Å². The molecule has 2 rings (SSSR count). The minimum absolute atomic E-state index is 0.156. The normalized spacial score (nSPS) is 13.0. The fourth-order valence-corrected chi connectivity index (χ4v) is 2.02. The topological polar surface area (TPSA) is 63.6 Å². The molecule has 1 fully saturated rings. The Labute approximate surface area is 156 Å². The van der Waals surface area contributed by atoms with Crippen LogP contribution in [0, 0.1) is 0 Å². The smallest absolute Gasteiger partial charge is 0.333 e. The van der Waals surface area contributed by atoms with E-state index in [2.05, 4.69) is 19.7 Å². The number of ether oxygens (including phenoxy) is 1. The highest BCUT2D eigenvalue weighted by molar-refractivity contribution is 5.87. The number of aliphatic carboxylic acids is 1. The van der Waals surface area contributed by atoms with Crippen LogP contribution >= 0.6 is 0 Å². The predicted molar refractivity (Wildman–Crippen MR) is 107 cm³/mol. The van der Waals surface area contributed by atoms with Gasteiger partial charge in [-0.15, -0.1) is 0 Å². The zero-order valence-electron chi connectivity index (χ0n) is 15.9. The van der Waals surface area contributed by atoms with Gasteiger partial charge in [-0.05, 0) is 45.1 Å². The minimum Gasteiger partial charge on any atom is -0.478 e. The Bertz CT molecular complexity index is 584. The van der Waals surface area contributed by atoms with Gasteiger partial charge in [0.25, 0.3) is 0 Å². The Morgan fingerprint density at radius 2 is 1.54 bits per heavy atom. The summed E-state index contributed by atoms with van der Waals surface area (Å²) in [6.45, 7) is 13.5. The van der Waals surface area contributed by atoms with Crippen LogP contribution in [0.2, 0.25) is 0 Å². The van der Waals surface area contributed by atoms with Gasteiger partial charge in [0.2, 0.25) is 0 Å². The van der Waals surface area contributed by atoms with Crippen LogP contribution in [-0.4, -0.2) is 23.1 Å². The zero-order valence-corrected chi connectivity index (χ0v) is 15.9. The van der Waals surface area contributed by atoms with Gasteiger partial charge in [-0.1, -0.05) is 62.6 Å². The highest BCUT2D eigenvalue weighted by atomic mass is 16.5. The molecule has 0 unspecified atom stereocenters. The van der Waals surface area contributed by atoms with Crippen LogP contribution in [0.15, 0.2) is 61.2 Å². The second-order valence-electron chi connectivity index (χ2n) is 6.15. The molecule has 0 spiro atoms. The van der Waals surface area contributed by atoms with Gasteiger partial charge < -0.3 is 9.84 Å². The van der Waals surface area contributed by atoms with Crippen molar-refractivity contribution in [2.24, 2.45) is 0 Å². The van der Waals surface area contributed by atoms with Gasteiger partial charge in [0.1, 0.15) is 6.10 Å². The lowest BCUT2D eigenvalue weighted by Crippen LogP contribution is -2.20. The molecule has 0 heterocycles.